The Balaban J connectivity index is 1.81. The predicted molar refractivity (Wildman–Crippen MR) is 108 cm³/mol. The largest absolute Gasteiger partial charge is 0.478 e. The molecule has 3 aromatic rings. The number of benzene rings is 2. The summed E-state index contributed by atoms with van der Waals surface area (Å²) in [4.78, 5) is 17.8. The number of aromatic nitrogens is 3. The van der Waals surface area contributed by atoms with Crippen molar-refractivity contribution < 1.29 is 14.6 Å². The lowest BCUT2D eigenvalue weighted by molar-refractivity contribution is -0.154. The van der Waals surface area contributed by atoms with Crippen molar-refractivity contribution in [2.45, 2.75) is 32.3 Å². The van der Waals surface area contributed by atoms with Crippen molar-refractivity contribution >= 4 is 40.2 Å². The summed E-state index contributed by atoms with van der Waals surface area (Å²) >= 11 is 5.96. The van der Waals surface area contributed by atoms with E-state index in [1.165, 1.54) is 0 Å². The van der Waals surface area contributed by atoms with Crippen molar-refractivity contribution in [2.75, 3.05) is 11.9 Å². The number of halogens is 1. The summed E-state index contributed by atoms with van der Waals surface area (Å²) in [6.45, 7) is 3.51. The number of hydrogen-bond acceptors (Lipinski definition) is 6. The maximum absolute atomic E-state index is 11.5. The molecule has 0 amide bonds. The second kappa shape index (κ2) is 7.98. The Morgan fingerprint density at radius 1 is 1.18 bits per heavy atom. The highest BCUT2D eigenvalue weighted by Gasteiger charge is 2.34. The Morgan fingerprint density at radius 3 is 2.54 bits per heavy atom. The summed E-state index contributed by atoms with van der Waals surface area (Å²) in [6, 6.07) is 12.4. The minimum Gasteiger partial charge on any atom is -0.478 e. The molecule has 0 fully saturated rings. The van der Waals surface area contributed by atoms with Crippen molar-refractivity contribution in [3.63, 3.8) is 0 Å². The molecule has 1 N–H and O–H groups in total. The molecule has 1 aromatic heterocycles. The van der Waals surface area contributed by atoms with Gasteiger partial charge < -0.3 is 14.7 Å². The monoisotopic (exact) mass is 400 g/mol. The van der Waals surface area contributed by atoms with E-state index in [0.29, 0.717) is 40.6 Å². The summed E-state index contributed by atoms with van der Waals surface area (Å²) in [5.41, 5.74) is 0.875. The Morgan fingerprint density at radius 2 is 1.89 bits per heavy atom. The lowest BCUT2D eigenvalue weighted by atomic mass is 10.0. The molecule has 7 nitrogen and oxygen atoms in total. The summed E-state index contributed by atoms with van der Waals surface area (Å²) in [7, 11) is 1.83. The van der Waals surface area contributed by atoms with Crippen molar-refractivity contribution in [2.24, 2.45) is 0 Å². The number of fused-ring (bicyclic) bond motifs is 1. The van der Waals surface area contributed by atoms with Gasteiger partial charge in [-0.25, -0.2) is 9.78 Å². The van der Waals surface area contributed by atoms with Crippen LogP contribution in [0.4, 0.5) is 11.6 Å². The number of rotatable bonds is 7. The standard InChI is InChI=1S/C20H21ClN4O3/c1-4-11-20(2,18(26)27)28-15-8-6-14(7-9-15)25(3)19-22-16-10-5-13(21)12-17(16)23-24-19/h5-10,12H,4,11H2,1-3H3,(H,26,27). The van der Waals surface area contributed by atoms with Gasteiger partial charge in [0.05, 0.1) is 5.52 Å². The van der Waals surface area contributed by atoms with Gasteiger partial charge in [0.1, 0.15) is 11.3 Å². The normalized spacial score (nSPS) is 13.1. The number of carboxylic acids is 1. The average molecular weight is 401 g/mol. The molecule has 28 heavy (non-hydrogen) atoms. The predicted octanol–water partition coefficient (Wildman–Crippen LogP) is 4.47. The molecule has 0 aliphatic rings. The highest BCUT2D eigenvalue weighted by molar-refractivity contribution is 6.31. The van der Waals surface area contributed by atoms with Crippen molar-refractivity contribution in [3.05, 3.63) is 47.5 Å². The molecule has 0 aliphatic heterocycles. The first-order valence-electron chi connectivity index (χ1n) is 8.88. The molecule has 146 valence electrons. The fourth-order valence-corrected chi connectivity index (χ4v) is 3.00. The van der Waals surface area contributed by atoms with E-state index < -0.39 is 11.6 Å². The number of carboxylic acid groups (broad SMARTS) is 1. The summed E-state index contributed by atoms with van der Waals surface area (Å²) < 4.78 is 5.74. The third-order valence-corrected chi connectivity index (χ3v) is 4.69. The first-order valence-corrected chi connectivity index (χ1v) is 9.26. The second-order valence-corrected chi connectivity index (χ2v) is 7.12. The van der Waals surface area contributed by atoms with Gasteiger partial charge in [-0.2, -0.15) is 0 Å². The van der Waals surface area contributed by atoms with Gasteiger partial charge in [0, 0.05) is 17.8 Å². The molecule has 8 heteroatoms. The Labute approximate surface area is 167 Å². The fourth-order valence-electron chi connectivity index (χ4n) is 2.83. The van der Waals surface area contributed by atoms with Crippen LogP contribution < -0.4 is 9.64 Å². The zero-order chi connectivity index (χ0) is 20.3. The van der Waals surface area contributed by atoms with E-state index in [1.807, 2.05) is 26.1 Å². The van der Waals surface area contributed by atoms with Crippen LogP contribution in [0.2, 0.25) is 5.02 Å². The highest BCUT2D eigenvalue weighted by atomic mass is 35.5. The average Bonchev–Trinajstić information content (AvgIpc) is 2.67. The molecular formula is C20H21ClN4O3. The lowest BCUT2D eigenvalue weighted by Crippen LogP contribution is -2.41. The fraction of sp³-hybridized carbons (Fsp3) is 0.300. The smallest absolute Gasteiger partial charge is 0.347 e. The number of aliphatic carboxylic acids is 1. The number of hydrogen-bond donors (Lipinski definition) is 1. The number of anilines is 2. The van der Waals surface area contributed by atoms with Crippen LogP contribution in [0.5, 0.6) is 5.75 Å². The van der Waals surface area contributed by atoms with Crippen LogP contribution in [0, 0.1) is 0 Å². The van der Waals surface area contributed by atoms with Crippen LogP contribution in [0.3, 0.4) is 0 Å². The Bertz CT molecular complexity index is 996. The van der Waals surface area contributed by atoms with E-state index in [-0.39, 0.29) is 0 Å². The first-order chi connectivity index (χ1) is 13.3. The van der Waals surface area contributed by atoms with Gasteiger partial charge in [-0.15, -0.1) is 10.2 Å². The number of nitrogens with zero attached hydrogens (tertiary/aromatic N) is 4. The van der Waals surface area contributed by atoms with E-state index in [9.17, 15) is 9.90 Å². The van der Waals surface area contributed by atoms with Gasteiger partial charge in [0.25, 0.3) is 0 Å². The van der Waals surface area contributed by atoms with Crippen LogP contribution >= 0.6 is 11.6 Å². The van der Waals surface area contributed by atoms with Gasteiger partial charge in [0.2, 0.25) is 11.5 Å². The molecule has 0 saturated carbocycles. The molecule has 1 atom stereocenters. The van der Waals surface area contributed by atoms with Crippen molar-refractivity contribution in [3.8, 4) is 5.75 Å². The van der Waals surface area contributed by atoms with Crippen LogP contribution in [0.1, 0.15) is 26.7 Å². The zero-order valence-electron chi connectivity index (χ0n) is 15.9. The molecule has 0 aliphatic carbocycles. The van der Waals surface area contributed by atoms with Crippen molar-refractivity contribution in [1.29, 1.82) is 0 Å². The number of carbonyl (C=O) groups is 1. The lowest BCUT2D eigenvalue weighted by Gasteiger charge is -2.26. The van der Waals surface area contributed by atoms with Gasteiger partial charge >= 0.3 is 5.97 Å². The molecule has 1 unspecified atom stereocenters. The summed E-state index contributed by atoms with van der Waals surface area (Å²) in [5, 5.41) is 18.4. The van der Waals surface area contributed by atoms with Crippen LogP contribution in [0.15, 0.2) is 42.5 Å². The minimum atomic E-state index is -1.26. The van der Waals surface area contributed by atoms with Gasteiger partial charge in [0.15, 0.2) is 0 Å². The molecule has 2 aromatic carbocycles. The maximum atomic E-state index is 11.5. The molecule has 3 rings (SSSR count). The first kappa shape index (κ1) is 19.8. The minimum absolute atomic E-state index is 0.421. The number of ether oxygens (including phenoxy) is 1. The maximum Gasteiger partial charge on any atom is 0.347 e. The van der Waals surface area contributed by atoms with Crippen LogP contribution in [0.25, 0.3) is 11.0 Å². The summed E-state index contributed by atoms with van der Waals surface area (Å²) in [5.74, 6) is -0.0566. The second-order valence-electron chi connectivity index (χ2n) is 6.69. The van der Waals surface area contributed by atoms with E-state index in [2.05, 4.69) is 15.2 Å². The molecule has 0 radical (unpaired) electrons. The van der Waals surface area contributed by atoms with E-state index in [4.69, 9.17) is 16.3 Å². The topological polar surface area (TPSA) is 88.4 Å². The molecule has 0 spiro atoms. The van der Waals surface area contributed by atoms with E-state index in [1.54, 1.807) is 42.2 Å². The molecule has 0 bridgehead atoms. The Hall–Kier alpha value is -2.93. The van der Waals surface area contributed by atoms with Gasteiger partial charge in [-0.3, -0.25) is 0 Å². The van der Waals surface area contributed by atoms with Crippen LogP contribution in [-0.2, 0) is 4.79 Å². The molecule has 0 saturated heterocycles. The van der Waals surface area contributed by atoms with E-state index >= 15 is 0 Å². The third kappa shape index (κ3) is 4.14. The molecular weight excluding hydrogens is 380 g/mol. The SMILES string of the molecule is CCCC(C)(Oc1ccc(N(C)c2nnc3cc(Cl)ccc3n2)cc1)C(=O)O. The zero-order valence-corrected chi connectivity index (χ0v) is 16.6. The van der Waals surface area contributed by atoms with Crippen molar-refractivity contribution in [1.82, 2.24) is 15.2 Å². The third-order valence-electron chi connectivity index (χ3n) is 4.45. The summed E-state index contributed by atoms with van der Waals surface area (Å²) in [6.07, 6.45) is 1.13. The van der Waals surface area contributed by atoms with Gasteiger partial charge in [-0.1, -0.05) is 24.9 Å². The molecule has 1 heterocycles. The Kier molecular flexibility index (Phi) is 5.65. The highest BCUT2D eigenvalue weighted by Crippen LogP contribution is 2.27. The van der Waals surface area contributed by atoms with Gasteiger partial charge in [-0.05, 0) is 55.8 Å². The van der Waals surface area contributed by atoms with Crippen LogP contribution in [-0.4, -0.2) is 38.9 Å². The quantitative estimate of drug-likeness (QED) is 0.625. The van der Waals surface area contributed by atoms with E-state index in [0.717, 1.165) is 5.69 Å².